The van der Waals surface area contributed by atoms with Gasteiger partial charge in [-0.05, 0) is 54.3 Å². The molecule has 4 rings (SSSR count). The highest BCUT2D eigenvalue weighted by Gasteiger charge is 2.14. The van der Waals surface area contributed by atoms with Crippen LogP contribution in [0.1, 0.15) is 15.9 Å². The van der Waals surface area contributed by atoms with Crippen LogP contribution in [0.5, 0.6) is 0 Å². The fourth-order valence-electron chi connectivity index (χ4n) is 2.75. The molecular formula is C20H14ClN3OS. The molecule has 0 fully saturated rings. The van der Waals surface area contributed by atoms with Gasteiger partial charge in [0.1, 0.15) is 0 Å². The Bertz CT molecular complexity index is 1110. The number of anilines is 1. The molecular weight excluding hydrogens is 366 g/mol. The molecule has 2 aromatic carbocycles. The molecule has 128 valence electrons. The lowest BCUT2D eigenvalue weighted by Gasteiger charge is -2.05. The first-order valence-corrected chi connectivity index (χ1v) is 9.20. The Morgan fingerprint density at radius 2 is 1.92 bits per heavy atom. The molecule has 2 heterocycles. The number of benzene rings is 2. The Morgan fingerprint density at radius 1 is 1.12 bits per heavy atom. The predicted octanol–water partition coefficient (Wildman–Crippen LogP) is 5.57. The summed E-state index contributed by atoms with van der Waals surface area (Å²) in [6, 6.07) is 16.7. The third-order valence-corrected chi connectivity index (χ3v) is 5.58. The lowest BCUT2D eigenvalue weighted by atomic mass is 10.1. The summed E-state index contributed by atoms with van der Waals surface area (Å²) in [5, 5.41) is 4.58. The number of amides is 1. The quantitative estimate of drug-likeness (QED) is 0.506. The van der Waals surface area contributed by atoms with Crippen molar-refractivity contribution >= 4 is 44.9 Å². The van der Waals surface area contributed by atoms with Crippen LogP contribution in [-0.2, 0) is 0 Å². The number of hydrogen-bond acceptors (Lipinski definition) is 4. The molecule has 4 nitrogen and oxygen atoms in total. The van der Waals surface area contributed by atoms with Crippen molar-refractivity contribution in [2.45, 2.75) is 6.92 Å². The van der Waals surface area contributed by atoms with Crippen molar-refractivity contribution in [2.75, 3.05) is 5.32 Å². The zero-order valence-corrected chi connectivity index (χ0v) is 15.4. The van der Waals surface area contributed by atoms with Crippen molar-refractivity contribution < 1.29 is 4.79 Å². The van der Waals surface area contributed by atoms with Crippen molar-refractivity contribution in [2.24, 2.45) is 0 Å². The molecule has 0 aliphatic carbocycles. The van der Waals surface area contributed by atoms with E-state index in [1.165, 1.54) is 0 Å². The topological polar surface area (TPSA) is 54.9 Å². The first-order valence-electron chi connectivity index (χ1n) is 8.00. The second kappa shape index (κ2) is 6.86. The van der Waals surface area contributed by atoms with Gasteiger partial charge in [-0.1, -0.05) is 29.8 Å². The van der Waals surface area contributed by atoms with Gasteiger partial charge in [-0.25, -0.2) is 9.97 Å². The third-order valence-electron chi connectivity index (χ3n) is 4.05. The molecule has 1 amide bonds. The molecule has 2 aromatic heterocycles. The second-order valence-electron chi connectivity index (χ2n) is 5.78. The summed E-state index contributed by atoms with van der Waals surface area (Å²) in [6.07, 6.45) is 1.65. The van der Waals surface area contributed by atoms with E-state index >= 15 is 0 Å². The van der Waals surface area contributed by atoms with Crippen molar-refractivity contribution in [1.82, 2.24) is 9.97 Å². The zero-order chi connectivity index (χ0) is 18.1. The lowest BCUT2D eigenvalue weighted by molar-refractivity contribution is 0.102. The van der Waals surface area contributed by atoms with Gasteiger partial charge in [0.25, 0.3) is 5.91 Å². The lowest BCUT2D eigenvalue weighted by Crippen LogP contribution is -2.14. The van der Waals surface area contributed by atoms with E-state index < -0.39 is 0 Å². The first kappa shape index (κ1) is 16.7. The maximum absolute atomic E-state index is 12.3. The smallest absolute Gasteiger partial charge is 0.258 e. The summed E-state index contributed by atoms with van der Waals surface area (Å²) in [4.78, 5) is 22.0. The van der Waals surface area contributed by atoms with Crippen molar-refractivity contribution in [3.63, 3.8) is 0 Å². The van der Waals surface area contributed by atoms with E-state index in [-0.39, 0.29) is 11.9 Å². The zero-order valence-electron chi connectivity index (χ0n) is 13.9. The monoisotopic (exact) mass is 379 g/mol. The molecule has 4 aromatic rings. The van der Waals surface area contributed by atoms with Crippen molar-refractivity contribution in [3.8, 4) is 10.6 Å². The van der Waals surface area contributed by atoms with E-state index in [2.05, 4.69) is 22.2 Å². The molecule has 0 unspecified atom stereocenters. The van der Waals surface area contributed by atoms with Crippen LogP contribution in [0.25, 0.3) is 20.7 Å². The van der Waals surface area contributed by atoms with E-state index in [9.17, 15) is 4.79 Å². The Balaban J connectivity index is 1.68. The molecule has 0 aliphatic rings. The maximum atomic E-state index is 12.3. The van der Waals surface area contributed by atoms with Crippen LogP contribution in [0.4, 0.5) is 5.95 Å². The van der Waals surface area contributed by atoms with Gasteiger partial charge in [0.15, 0.2) is 0 Å². The molecule has 0 spiro atoms. The maximum Gasteiger partial charge on any atom is 0.258 e. The van der Waals surface area contributed by atoms with E-state index in [0.717, 1.165) is 26.2 Å². The number of rotatable bonds is 3. The average Bonchev–Trinajstić information content (AvgIpc) is 2.99. The summed E-state index contributed by atoms with van der Waals surface area (Å²) in [5.74, 6) is 0.0498. The Morgan fingerprint density at radius 3 is 2.73 bits per heavy atom. The van der Waals surface area contributed by atoms with Crippen LogP contribution in [0.15, 0.2) is 60.8 Å². The minimum atomic E-state index is -0.234. The third kappa shape index (κ3) is 3.19. The normalized spacial score (nSPS) is 10.8. The van der Waals surface area contributed by atoms with Gasteiger partial charge in [-0.3, -0.25) is 10.1 Å². The summed E-state index contributed by atoms with van der Waals surface area (Å²) in [6.45, 7) is 2.05. The predicted molar refractivity (Wildman–Crippen MR) is 107 cm³/mol. The molecule has 0 aliphatic heterocycles. The van der Waals surface area contributed by atoms with Crippen LogP contribution >= 0.6 is 22.9 Å². The van der Waals surface area contributed by atoms with Crippen LogP contribution < -0.4 is 5.32 Å². The molecule has 0 saturated carbocycles. The van der Waals surface area contributed by atoms with Gasteiger partial charge >= 0.3 is 0 Å². The molecule has 0 radical (unpaired) electrons. The minimum absolute atomic E-state index is 0.234. The second-order valence-corrected chi connectivity index (χ2v) is 7.27. The molecule has 1 N–H and O–H groups in total. The largest absolute Gasteiger partial charge is 0.290 e. The number of carbonyl (C=O) groups excluding carboxylic acids is 1. The van der Waals surface area contributed by atoms with Crippen LogP contribution in [0, 0.1) is 6.92 Å². The molecule has 26 heavy (non-hydrogen) atoms. The van der Waals surface area contributed by atoms with E-state index in [4.69, 9.17) is 11.6 Å². The van der Waals surface area contributed by atoms with Gasteiger partial charge in [0.2, 0.25) is 5.95 Å². The molecule has 0 saturated heterocycles. The van der Waals surface area contributed by atoms with E-state index in [1.807, 2.05) is 42.5 Å². The number of fused-ring (bicyclic) bond motifs is 1. The number of aryl methyl sites for hydroxylation is 1. The fraction of sp³-hybridized carbons (Fsp3) is 0.0500. The van der Waals surface area contributed by atoms with Crippen LogP contribution in [-0.4, -0.2) is 15.9 Å². The van der Waals surface area contributed by atoms with Gasteiger partial charge in [0, 0.05) is 21.5 Å². The van der Waals surface area contributed by atoms with Gasteiger partial charge < -0.3 is 0 Å². The van der Waals surface area contributed by atoms with Crippen molar-refractivity contribution in [3.05, 3.63) is 76.9 Å². The molecule has 0 atom stereocenters. The Labute approximate surface area is 159 Å². The number of nitrogens with zero attached hydrogens (tertiary/aromatic N) is 2. The van der Waals surface area contributed by atoms with Gasteiger partial charge in [0.05, 0.1) is 10.6 Å². The summed E-state index contributed by atoms with van der Waals surface area (Å²) >= 11 is 7.77. The summed E-state index contributed by atoms with van der Waals surface area (Å²) < 4.78 is 1.15. The van der Waals surface area contributed by atoms with E-state index in [0.29, 0.717) is 10.6 Å². The fourth-order valence-corrected chi connectivity index (χ4v) is 4.08. The van der Waals surface area contributed by atoms with Crippen LogP contribution in [0.3, 0.4) is 0 Å². The standard InChI is InChI=1S/C20H14ClN3OS/c1-12-15-11-14(21)7-8-17(15)26-18(12)16-9-10-22-20(23-16)24-19(25)13-5-3-2-4-6-13/h2-11H,1H3,(H,22,23,24,25). The average molecular weight is 380 g/mol. The van der Waals surface area contributed by atoms with Gasteiger partial charge in [-0.2, -0.15) is 0 Å². The highest BCUT2D eigenvalue weighted by atomic mass is 35.5. The summed E-state index contributed by atoms with van der Waals surface area (Å²) in [5.41, 5.74) is 2.46. The Hall–Kier alpha value is -2.76. The number of halogens is 1. The Kier molecular flexibility index (Phi) is 4.41. The summed E-state index contributed by atoms with van der Waals surface area (Å²) in [7, 11) is 0. The number of carbonyl (C=O) groups is 1. The number of nitrogens with one attached hydrogen (secondary N) is 1. The number of aromatic nitrogens is 2. The van der Waals surface area contributed by atoms with Crippen molar-refractivity contribution in [1.29, 1.82) is 0 Å². The number of hydrogen-bond donors (Lipinski definition) is 1. The molecule has 6 heteroatoms. The van der Waals surface area contributed by atoms with E-state index in [1.54, 1.807) is 29.7 Å². The molecule has 0 bridgehead atoms. The SMILES string of the molecule is Cc1c(-c2ccnc(NC(=O)c3ccccc3)n2)sc2ccc(Cl)cc12. The van der Waals surface area contributed by atoms with Crippen LogP contribution in [0.2, 0.25) is 5.02 Å². The highest BCUT2D eigenvalue weighted by Crippen LogP contribution is 2.38. The number of thiophene rings is 1. The minimum Gasteiger partial charge on any atom is -0.290 e. The van der Waals surface area contributed by atoms with Gasteiger partial charge in [-0.15, -0.1) is 11.3 Å². The first-order chi connectivity index (χ1) is 12.6. The highest BCUT2D eigenvalue weighted by molar-refractivity contribution is 7.22.